The minimum atomic E-state index is -1.24. The van der Waals surface area contributed by atoms with Crippen molar-refractivity contribution in [2.24, 2.45) is 0 Å². The van der Waals surface area contributed by atoms with Crippen molar-refractivity contribution in [2.45, 2.75) is 30.8 Å². The molecule has 3 atom stereocenters. The number of hydrogen-bond acceptors (Lipinski definition) is 9. The van der Waals surface area contributed by atoms with Crippen molar-refractivity contribution in [3.05, 3.63) is 52.6 Å². The first-order chi connectivity index (χ1) is 13.4. The number of nitro groups is 1. The molecule has 0 aliphatic carbocycles. The lowest BCUT2D eigenvalue weighted by atomic mass is 9.96. The number of aliphatic hydroxyl groups is 2. The van der Waals surface area contributed by atoms with Gasteiger partial charge in [0.2, 0.25) is 0 Å². The van der Waals surface area contributed by atoms with Crippen LogP contribution in [0.25, 0.3) is 11.2 Å². The largest absolute Gasteiger partial charge is 0.394 e. The molecule has 0 bridgehead atoms. The van der Waals surface area contributed by atoms with Crippen molar-refractivity contribution < 1.29 is 19.9 Å². The van der Waals surface area contributed by atoms with Gasteiger partial charge in [-0.15, -0.1) is 0 Å². The number of nitrogens with two attached hydrogens (primary N) is 1. The van der Waals surface area contributed by atoms with Crippen molar-refractivity contribution >= 4 is 22.7 Å². The maximum absolute atomic E-state index is 11.4. The van der Waals surface area contributed by atoms with Crippen LogP contribution in [0.3, 0.4) is 0 Å². The Kier molecular flexibility index (Phi) is 4.41. The first-order valence-electron chi connectivity index (χ1n) is 8.58. The highest BCUT2D eigenvalue weighted by atomic mass is 16.6. The van der Waals surface area contributed by atoms with Crippen molar-refractivity contribution in [3.8, 4) is 0 Å². The van der Waals surface area contributed by atoms with Gasteiger partial charge < -0.3 is 20.7 Å². The molecule has 0 spiro atoms. The van der Waals surface area contributed by atoms with Crippen LogP contribution in [0, 0.1) is 10.1 Å². The third-order valence-electron chi connectivity index (χ3n) is 4.96. The Balaban J connectivity index is 1.87. The van der Waals surface area contributed by atoms with E-state index >= 15 is 0 Å². The zero-order chi connectivity index (χ0) is 19.9. The molecule has 0 unspecified atom stereocenters. The van der Waals surface area contributed by atoms with Crippen LogP contribution in [-0.4, -0.2) is 53.5 Å². The number of anilines is 1. The maximum atomic E-state index is 11.4. The van der Waals surface area contributed by atoms with Crippen LogP contribution < -0.4 is 5.73 Å². The molecule has 146 valence electrons. The second-order valence-electron chi connectivity index (χ2n) is 6.66. The fourth-order valence-corrected chi connectivity index (χ4v) is 3.67. The van der Waals surface area contributed by atoms with Gasteiger partial charge in [0.15, 0.2) is 17.2 Å². The Bertz CT molecular complexity index is 1040. The van der Waals surface area contributed by atoms with Crippen LogP contribution in [0.15, 0.2) is 36.9 Å². The highest BCUT2D eigenvalue weighted by Gasteiger charge is 2.49. The predicted octanol–water partition coefficient (Wildman–Crippen LogP) is 0.354. The van der Waals surface area contributed by atoms with E-state index in [1.165, 1.54) is 18.7 Å². The minimum Gasteiger partial charge on any atom is -0.394 e. The van der Waals surface area contributed by atoms with E-state index in [4.69, 9.17) is 10.5 Å². The van der Waals surface area contributed by atoms with Crippen molar-refractivity contribution in [1.82, 2.24) is 19.5 Å². The monoisotopic (exact) mass is 386 g/mol. The van der Waals surface area contributed by atoms with Gasteiger partial charge in [-0.25, -0.2) is 15.0 Å². The number of nitrogen functional groups attached to an aromatic ring is 1. The van der Waals surface area contributed by atoms with E-state index < -0.39 is 29.5 Å². The number of fused-ring (bicyclic) bond motifs is 1. The minimum absolute atomic E-state index is 0.0626. The van der Waals surface area contributed by atoms with Crippen LogP contribution in [-0.2, 0) is 16.9 Å². The summed E-state index contributed by atoms with van der Waals surface area (Å²) in [4.78, 5) is 23.3. The third-order valence-corrected chi connectivity index (χ3v) is 4.96. The van der Waals surface area contributed by atoms with E-state index in [9.17, 15) is 20.3 Å². The molecule has 1 fully saturated rings. The zero-order valence-electron chi connectivity index (χ0n) is 14.7. The molecule has 11 nitrogen and oxygen atoms in total. The molecule has 1 aliphatic heterocycles. The Morgan fingerprint density at radius 1 is 1.36 bits per heavy atom. The molecule has 4 N–H and O–H groups in total. The smallest absolute Gasteiger partial charge is 0.272 e. The number of ether oxygens (including phenoxy) is 1. The maximum Gasteiger partial charge on any atom is 0.272 e. The highest BCUT2D eigenvalue weighted by molar-refractivity contribution is 5.81. The summed E-state index contributed by atoms with van der Waals surface area (Å²) in [6.07, 6.45) is 1.07. The van der Waals surface area contributed by atoms with Gasteiger partial charge >= 0.3 is 0 Å². The third kappa shape index (κ3) is 2.85. The zero-order valence-corrected chi connectivity index (χ0v) is 14.7. The van der Waals surface area contributed by atoms with Gasteiger partial charge in [-0.3, -0.25) is 14.7 Å². The number of benzene rings is 1. The number of hydrogen-bond donors (Lipinski definition) is 3. The normalized spacial score (nSPS) is 24.6. The summed E-state index contributed by atoms with van der Waals surface area (Å²) in [5.74, 6) is 0.182. The Morgan fingerprint density at radius 3 is 2.86 bits per heavy atom. The Labute approximate surface area is 158 Å². The summed E-state index contributed by atoms with van der Waals surface area (Å²) >= 11 is 0. The van der Waals surface area contributed by atoms with E-state index in [0.717, 1.165) is 0 Å². The van der Waals surface area contributed by atoms with Gasteiger partial charge in [-0.2, -0.15) is 0 Å². The van der Waals surface area contributed by atoms with Gasteiger partial charge in [-0.1, -0.05) is 18.2 Å². The molecule has 3 heterocycles. The SMILES string of the molecule is Nc1ncnc2c1ncn2[C@@]1(Cc2ccccc2[N+](=O)[O-])C[C@H](O)[C@@H](CO)O1. The van der Waals surface area contributed by atoms with Crippen LogP contribution in [0.5, 0.6) is 0 Å². The van der Waals surface area contributed by atoms with E-state index in [2.05, 4.69) is 15.0 Å². The van der Waals surface area contributed by atoms with E-state index in [-0.39, 0.29) is 24.3 Å². The molecule has 1 aliphatic rings. The molecule has 1 aromatic carbocycles. The Morgan fingerprint density at radius 2 is 2.14 bits per heavy atom. The summed E-state index contributed by atoms with van der Waals surface area (Å²) in [5.41, 5.74) is 5.70. The number of para-hydroxylation sites is 1. The van der Waals surface area contributed by atoms with Gasteiger partial charge in [0.1, 0.15) is 17.9 Å². The number of nitro benzene ring substituents is 1. The molecule has 3 aromatic rings. The van der Waals surface area contributed by atoms with Crippen LogP contribution in [0.2, 0.25) is 0 Å². The number of imidazole rings is 1. The van der Waals surface area contributed by atoms with Crippen molar-refractivity contribution in [2.75, 3.05) is 12.3 Å². The summed E-state index contributed by atoms with van der Waals surface area (Å²) in [5, 5.41) is 31.4. The molecule has 1 saturated heterocycles. The van der Waals surface area contributed by atoms with E-state index in [0.29, 0.717) is 16.7 Å². The Hall–Kier alpha value is -3.15. The van der Waals surface area contributed by atoms with Gasteiger partial charge in [0.25, 0.3) is 5.69 Å². The average molecular weight is 386 g/mol. The van der Waals surface area contributed by atoms with Crippen molar-refractivity contribution in [1.29, 1.82) is 0 Å². The number of aliphatic hydroxyl groups excluding tert-OH is 2. The highest BCUT2D eigenvalue weighted by Crippen LogP contribution is 2.41. The standard InChI is InChI=1S/C17H18N6O5/c18-15-14-16(20-8-19-15)22(9-21-14)17(6-12(25)13(7-24)28-17)5-10-3-1-2-4-11(10)23(26)27/h1-4,8-9,12-13,24-25H,5-7H2,(H2,18,19,20)/t12-,13+,17+/m0/s1. The summed E-state index contributed by atoms with van der Waals surface area (Å²) in [6.45, 7) is -0.399. The molecule has 4 rings (SSSR count). The van der Waals surface area contributed by atoms with Gasteiger partial charge in [0, 0.05) is 24.5 Å². The molecular formula is C17H18N6O5. The lowest BCUT2D eigenvalue weighted by molar-refractivity contribution is -0.385. The van der Waals surface area contributed by atoms with E-state index in [1.54, 1.807) is 22.8 Å². The van der Waals surface area contributed by atoms with Crippen LogP contribution in [0.4, 0.5) is 11.5 Å². The fourth-order valence-electron chi connectivity index (χ4n) is 3.67. The second kappa shape index (κ2) is 6.78. The summed E-state index contributed by atoms with van der Waals surface area (Å²) in [7, 11) is 0. The topological polar surface area (TPSA) is 162 Å². The number of rotatable bonds is 5. The lowest BCUT2D eigenvalue weighted by Gasteiger charge is -2.31. The number of aromatic nitrogens is 4. The van der Waals surface area contributed by atoms with E-state index in [1.807, 2.05) is 0 Å². The van der Waals surface area contributed by atoms with Crippen molar-refractivity contribution in [3.63, 3.8) is 0 Å². The molecular weight excluding hydrogens is 368 g/mol. The molecule has 28 heavy (non-hydrogen) atoms. The second-order valence-corrected chi connectivity index (χ2v) is 6.66. The van der Waals surface area contributed by atoms with Crippen LogP contribution in [0.1, 0.15) is 12.0 Å². The lowest BCUT2D eigenvalue weighted by Crippen LogP contribution is -2.36. The fraction of sp³-hybridized carbons (Fsp3) is 0.353. The first-order valence-corrected chi connectivity index (χ1v) is 8.58. The molecule has 0 radical (unpaired) electrons. The summed E-state index contributed by atoms with van der Waals surface area (Å²) in [6, 6.07) is 6.31. The first kappa shape index (κ1) is 18.2. The quantitative estimate of drug-likeness (QED) is 0.415. The van der Waals surface area contributed by atoms with Crippen LogP contribution >= 0.6 is 0 Å². The molecule has 0 saturated carbocycles. The number of nitrogens with zero attached hydrogens (tertiary/aromatic N) is 5. The predicted molar refractivity (Wildman–Crippen MR) is 97.1 cm³/mol. The molecule has 11 heteroatoms. The molecule has 2 aromatic heterocycles. The molecule has 0 amide bonds. The summed E-state index contributed by atoms with van der Waals surface area (Å²) < 4.78 is 7.63. The van der Waals surface area contributed by atoms with Gasteiger partial charge in [-0.05, 0) is 0 Å². The average Bonchev–Trinajstić information content (AvgIpc) is 3.25. The van der Waals surface area contributed by atoms with Gasteiger partial charge in [0.05, 0.1) is 24.0 Å².